The molecule has 1 aromatic rings. The molecule has 0 radical (unpaired) electrons. The van der Waals surface area contributed by atoms with E-state index in [1.165, 1.54) is 5.56 Å². The third-order valence-corrected chi connectivity index (χ3v) is 3.35. The molecule has 5 nitrogen and oxygen atoms in total. The SMILES string of the molecule is Nc1cc(CN2CCCN(CCO)CC2)ccn1. The van der Waals surface area contributed by atoms with Crippen molar-refractivity contribution in [3.05, 3.63) is 23.9 Å². The molecule has 0 aliphatic carbocycles. The van der Waals surface area contributed by atoms with Crippen molar-refractivity contribution < 1.29 is 5.11 Å². The summed E-state index contributed by atoms with van der Waals surface area (Å²) < 4.78 is 0. The minimum Gasteiger partial charge on any atom is -0.395 e. The number of aliphatic hydroxyl groups is 1. The highest BCUT2D eigenvalue weighted by Gasteiger charge is 2.14. The zero-order chi connectivity index (χ0) is 12.8. The second-order valence-corrected chi connectivity index (χ2v) is 4.78. The van der Waals surface area contributed by atoms with Crippen LogP contribution in [0.5, 0.6) is 0 Å². The minimum absolute atomic E-state index is 0.251. The molecule has 0 atom stereocenters. The lowest BCUT2D eigenvalue weighted by Crippen LogP contribution is -2.32. The zero-order valence-corrected chi connectivity index (χ0v) is 10.8. The Morgan fingerprint density at radius 2 is 2.00 bits per heavy atom. The average molecular weight is 250 g/mol. The Bertz CT molecular complexity index is 372. The third-order valence-electron chi connectivity index (χ3n) is 3.35. The molecule has 0 amide bonds. The van der Waals surface area contributed by atoms with Gasteiger partial charge in [-0.25, -0.2) is 4.98 Å². The fourth-order valence-corrected chi connectivity index (χ4v) is 2.40. The van der Waals surface area contributed by atoms with E-state index >= 15 is 0 Å². The molecule has 0 saturated carbocycles. The Balaban J connectivity index is 1.87. The molecule has 2 rings (SSSR count). The molecule has 100 valence electrons. The Morgan fingerprint density at radius 1 is 1.22 bits per heavy atom. The molecule has 0 aromatic carbocycles. The number of hydrogen-bond donors (Lipinski definition) is 2. The Labute approximate surface area is 108 Å². The third kappa shape index (κ3) is 3.94. The largest absolute Gasteiger partial charge is 0.395 e. The summed E-state index contributed by atoms with van der Waals surface area (Å²) in [5, 5.41) is 8.97. The normalized spacial score (nSPS) is 18.7. The fraction of sp³-hybridized carbons (Fsp3) is 0.615. The van der Waals surface area contributed by atoms with E-state index in [2.05, 4.69) is 14.8 Å². The van der Waals surface area contributed by atoms with Gasteiger partial charge in [-0.05, 0) is 37.2 Å². The highest BCUT2D eigenvalue weighted by Crippen LogP contribution is 2.10. The van der Waals surface area contributed by atoms with Crippen LogP contribution in [0, 0.1) is 0 Å². The van der Waals surface area contributed by atoms with Crippen LogP contribution in [0.15, 0.2) is 18.3 Å². The summed E-state index contributed by atoms with van der Waals surface area (Å²) in [5.74, 6) is 0.587. The molecule has 18 heavy (non-hydrogen) atoms. The minimum atomic E-state index is 0.251. The van der Waals surface area contributed by atoms with Crippen molar-refractivity contribution in [2.45, 2.75) is 13.0 Å². The number of nitrogen functional groups attached to an aromatic ring is 1. The standard InChI is InChI=1S/C13H22N4O/c14-13-10-12(2-3-15-13)11-17-5-1-4-16(6-7-17)8-9-18/h2-3,10,18H,1,4-9,11H2,(H2,14,15). The van der Waals surface area contributed by atoms with Gasteiger partial charge in [0.2, 0.25) is 0 Å². The smallest absolute Gasteiger partial charge is 0.123 e. The van der Waals surface area contributed by atoms with Crippen molar-refractivity contribution in [1.29, 1.82) is 0 Å². The number of anilines is 1. The van der Waals surface area contributed by atoms with Crippen LogP contribution in [-0.4, -0.2) is 59.2 Å². The highest BCUT2D eigenvalue weighted by atomic mass is 16.3. The molecule has 1 saturated heterocycles. The van der Waals surface area contributed by atoms with Gasteiger partial charge in [-0.3, -0.25) is 9.80 Å². The summed E-state index contributed by atoms with van der Waals surface area (Å²) in [6, 6.07) is 3.96. The van der Waals surface area contributed by atoms with Crippen molar-refractivity contribution >= 4 is 5.82 Å². The maximum absolute atomic E-state index is 8.97. The summed E-state index contributed by atoms with van der Waals surface area (Å²) in [5.41, 5.74) is 6.91. The van der Waals surface area contributed by atoms with Crippen molar-refractivity contribution in [2.75, 3.05) is 45.1 Å². The number of nitrogens with zero attached hydrogens (tertiary/aromatic N) is 3. The zero-order valence-electron chi connectivity index (χ0n) is 10.8. The van der Waals surface area contributed by atoms with Crippen molar-refractivity contribution in [3.8, 4) is 0 Å². The Hall–Kier alpha value is -1.17. The summed E-state index contributed by atoms with van der Waals surface area (Å²) in [7, 11) is 0. The van der Waals surface area contributed by atoms with E-state index in [0.717, 1.165) is 45.7 Å². The first kappa shape index (κ1) is 13.3. The second-order valence-electron chi connectivity index (χ2n) is 4.78. The molecule has 1 aliphatic heterocycles. The predicted molar refractivity (Wildman–Crippen MR) is 72.1 cm³/mol. The molecule has 1 aromatic heterocycles. The monoisotopic (exact) mass is 250 g/mol. The van der Waals surface area contributed by atoms with Gasteiger partial charge < -0.3 is 10.8 Å². The van der Waals surface area contributed by atoms with Gasteiger partial charge in [0, 0.05) is 32.4 Å². The maximum Gasteiger partial charge on any atom is 0.123 e. The van der Waals surface area contributed by atoms with Crippen LogP contribution >= 0.6 is 0 Å². The second kappa shape index (κ2) is 6.68. The first-order chi connectivity index (χ1) is 8.78. The number of hydrogen-bond acceptors (Lipinski definition) is 5. The highest BCUT2D eigenvalue weighted by molar-refractivity contribution is 5.31. The first-order valence-corrected chi connectivity index (χ1v) is 6.54. The summed E-state index contributed by atoms with van der Waals surface area (Å²) in [6.45, 7) is 6.22. The predicted octanol–water partition coefficient (Wildman–Crippen LogP) is 0.164. The van der Waals surface area contributed by atoms with E-state index in [1.54, 1.807) is 6.20 Å². The van der Waals surface area contributed by atoms with Gasteiger partial charge in [0.15, 0.2) is 0 Å². The lowest BCUT2D eigenvalue weighted by atomic mass is 10.2. The fourth-order valence-electron chi connectivity index (χ4n) is 2.40. The number of aromatic nitrogens is 1. The van der Waals surface area contributed by atoms with Crippen LogP contribution < -0.4 is 5.73 Å². The molecule has 1 fully saturated rings. The van der Waals surface area contributed by atoms with Gasteiger partial charge in [-0.2, -0.15) is 0 Å². The van der Waals surface area contributed by atoms with Crippen LogP contribution in [0.2, 0.25) is 0 Å². The Morgan fingerprint density at radius 3 is 2.78 bits per heavy atom. The summed E-state index contributed by atoms with van der Waals surface area (Å²) in [4.78, 5) is 8.77. The van der Waals surface area contributed by atoms with Crippen LogP contribution in [0.4, 0.5) is 5.82 Å². The van der Waals surface area contributed by atoms with E-state index in [-0.39, 0.29) is 6.61 Å². The van der Waals surface area contributed by atoms with Gasteiger partial charge in [0.25, 0.3) is 0 Å². The average Bonchev–Trinajstić information content (AvgIpc) is 2.56. The Kier molecular flexibility index (Phi) is 4.92. The molecular weight excluding hydrogens is 228 g/mol. The molecule has 5 heteroatoms. The molecule has 0 bridgehead atoms. The number of pyridine rings is 1. The summed E-state index contributed by atoms with van der Waals surface area (Å²) in [6.07, 6.45) is 2.92. The lowest BCUT2D eigenvalue weighted by Gasteiger charge is -2.21. The van der Waals surface area contributed by atoms with Crippen molar-refractivity contribution in [1.82, 2.24) is 14.8 Å². The van der Waals surface area contributed by atoms with E-state index in [0.29, 0.717) is 5.82 Å². The van der Waals surface area contributed by atoms with E-state index in [1.807, 2.05) is 12.1 Å². The van der Waals surface area contributed by atoms with Gasteiger partial charge in [-0.15, -0.1) is 0 Å². The van der Waals surface area contributed by atoms with Crippen LogP contribution in [0.25, 0.3) is 0 Å². The number of aliphatic hydroxyl groups excluding tert-OH is 1. The molecular formula is C13H22N4O. The van der Waals surface area contributed by atoms with Crippen molar-refractivity contribution in [2.24, 2.45) is 0 Å². The van der Waals surface area contributed by atoms with Crippen LogP contribution in [-0.2, 0) is 6.54 Å². The lowest BCUT2D eigenvalue weighted by molar-refractivity contribution is 0.196. The number of nitrogens with two attached hydrogens (primary N) is 1. The van der Waals surface area contributed by atoms with Gasteiger partial charge in [0.1, 0.15) is 5.82 Å². The van der Waals surface area contributed by atoms with Crippen LogP contribution in [0.3, 0.4) is 0 Å². The number of rotatable bonds is 4. The van der Waals surface area contributed by atoms with E-state index < -0.39 is 0 Å². The quantitative estimate of drug-likeness (QED) is 0.797. The van der Waals surface area contributed by atoms with Crippen LogP contribution in [0.1, 0.15) is 12.0 Å². The molecule has 0 spiro atoms. The first-order valence-electron chi connectivity index (χ1n) is 6.54. The topological polar surface area (TPSA) is 65.6 Å². The van der Waals surface area contributed by atoms with Gasteiger partial charge in [-0.1, -0.05) is 0 Å². The molecule has 2 heterocycles. The molecule has 0 unspecified atom stereocenters. The summed E-state index contributed by atoms with van der Waals surface area (Å²) >= 11 is 0. The van der Waals surface area contributed by atoms with E-state index in [9.17, 15) is 0 Å². The van der Waals surface area contributed by atoms with Crippen molar-refractivity contribution in [3.63, 3.8) is 0 Å². The van der Waals surface area contributed by atoms with Gasteiger partial charge >= 0.3 is 0 Å². The molecule has 3 N–H and O–H groups in total. The number of β-amino-alcohol motifs (C(OH)–C–C–N with tert-alkyl or cyclic N) is 1. The van der Waals surface area contributed by atoms with E-state index in [4.69, 9.17) is 10.8 Å². The van der Waals surface area contributed by atoms with Gasteiger partial charge in [0.05, 0.1) is 6.61 Å². The maximum atomic E-state index is 8.97. The molecule has 1 aliphatic rings.